The summed E-state index contributed by atoms with van der Waals surface area (Å²) in [6.45, 7) is 5.80. The minimum atomic E-state index is -0.567. The highest BCUT2D eigenvalue weighted by molar-refractivity contribution is 7.17. The first kappa shape index (κ1) is 22.5. The highest BCUT2D eigenvalue weighted by atomic mass is 32.1. The molecule has 2 aromatic rings. The number of nitrogens with one attached hydrogen (secondary N) is 1. The van der Waals surface area contributed by atoms with E-state index in [1.165, 1.54) is 29.3 Å². The van der Waals surface area contributed by atoms with Crippen molar-refractivity contribution in [3.05, 3.63) is 43.9 Å². The molecule has 0 saturated carbocycles. The SMILES string of the molecule is CCOC(=O)N1CCc2c(sc(NC(=O)Cn3cnc(C)c(C)c3=O)c2C(=O)OC)C1. The molecule has 11 heteroatoms. The number of fused-ring (bicyclic) bond motifs is 1. The number of thiophene rings is 1. The molecule has 2 aromatic heterocycles. The molecule has 10 nitrogen and oxygen atoms in total. The van der Waals surface area contributed by atoms with Crippen LogP contribution in [0.1, 0.15) is 39.0 Å². The lowest BCUT2D eigenvalue weighted by atomic mass is 10.0. The third kappa shape index (κ3) is 4.61. The van der Waals surface area contributed by atoms with Crippen LogP contribution in [0.2, 0.25) is 0 Å². The Morgan fingerprint density at radius 2 is 2.03 bits per heavy atom. The van der Waals surface area contributed by atoms with Crippen LogP contribution in [0.5, 0.6) is 0 Å². The molecule has 166 valence electrons. The molecule has 1 N–H and O–H groups in total. The molecule has 1 aliphatic rings. The van der Waals surface area contributed by atoms with Gasteiger partial charge in [-0.1, -0.05) is 0 Å². The Bertz CT molecular complexity index is 1090. The summed E-state index contributed by atoms with van der Waals surface area (Å²) in [6.07, 6.45) is 1.33. The number of aryl methyl sites for hydroxylation is 1. The summed E-state index contributed by atoms with van der Waals surface area (Å²) < 4.78 is 11.2. The number of carbonyl (C=O) groups excluding carboxylic acids is 3. The first-order chi connectivity index (χ1) is 14.8. The van der Waals surface area contributed by atoms with Gasteiger partial charge in [-0.15, -0.1) is 11.3 Å². The van der Waals surface area contributed by atoms with Gasteiger partial charge in [-0.05, 0) is 32.8 Å². The van der Waals surface area contributed by atoms with Gasteiger partial charge in [0.2, 0.25) is 5.91 Å². The molecule has 0 aliphatic carbocycles. The number of amides is 2. The van der Waals surface area contributed by atoms with E-state index in [1.807, 2.05) is 0 Å². The Morgan fingerprint density at radius 1 is 1.29 bits per heavy atom. The minimum Gasteiger partial charge on any atom is -0.465 e. The molecule has 0 unspecified atom stereocenters. The number of nitrogens with zero attached hydrogens (tertiary/aromatic N) is 3. The van der Waals surface area contributed by atoms with Gasteiger partial charge in [0.25, 0.3) is 5.56 Å². The van der Waals surface area contributed by atoms with Crippen LogP contribution in [0, 0.1) is 13.8 Å². The number of ether oxygens (including phenoxy) is 2. The van der Waals surface area contributed by atoms with Crippen molar-refractivity contribution in [2.45, 2.75) is 40.3 Å². The molecular weight excluding hydrogens is 424 g/mol. The zero-order valence-corrected chi connectivity index (χ0v) is 18.6. The lowest BCUT2D eigenvalue weighted by Crippen LogP contribution is -2.36. The van der Waals surface area contributed by atoms with Gasteiger partial charge >= 0.3 is 12.1 Å². The molecule has 31 heavy (non-hydrogen) atoms. The van der Waals surface area contributed by atoms with Gasteiger partial charge in [-0.25, -0.2) is 14.6 Å². The van der Waals surface area contributed by atoms with E-state index in [2.05, 4.69) is 10.3 Å². The molecule has 0 aromatic carbocycles. The summed E-state index contributed by atoms with van der Waals surface area (Å²) in [5.41, 5.74) is 1.80. The average Bonchev–Trinajstić information content (AvgIpc) is 3.10. The van der Waals surface area contributed by atoms with Crippen LogP contribution in [0.15, 0.2) is 11.1 Å². The molecule has 3 rings (SSSR count). The molecule has 3 heterocycles. The predicted octanol–water partition coefficient (Wildman–Crippen LogP) is 1.86. The number of rotatable bonds is 5. The molecule has 1 aliphatic heterocycles. The van der Waals surface area contributed by atoms with E-state index in [9.17, 15) is 19.2 Å². The maximum Gasteiger partial charge on any atom is 0.410 e. The normalized spacial score (nSPS) is 12.8. The van der Waals surface area contributed by atoms with Crippen molar-refractivity contribution in [1.29, 1.82) is 0 Å². The van der Waals surface area contributed by atoms with Gasteiger partial charge in [0.05, 0.1) is 32.2 Å². The van der Waals surface area contributed by atoms with E-state index < -0.39 is 18.0 Å². The second-order valence-corrected chi connectivity index (χ2v) is 8.11. The maximum absolute atomic E-state index is 12.6. The Kier molecular flexibility index (Phi) is 6.74. The smallest absolute Gasteiger partial charge is 0.410 e. The van der Waals surface area contributed by atoms with Crippen molar-refractivity contribution >= 4 is 34.3 Å². The van der Waals surface area contributed by atoms with Crippen molar-refractivity contribution in [3.8, 4) is 0 Å². The highest BCUT2D eigenvalue weighted by Gasteiger charge is 2.31. The fourth-order valence-corrected chi connectivity index (χ4v) is 4.56. The third-order valence-corrected chi connectivity index (χ3v) is 6.19. The fraction of sp³-hybridized carbons (Fsp3) is 0.450. The minimum absolute atomic E-state index is 0.245. The summed E-state index contributed by atoms with van der Waals surface area (Å²) in [4.78, 5) is 55.9. The van der Waals surface area contributed by atoms with Crippen molar-refractivity contribution in [2.24, 2.45) is 0 Å². The zero-order chi connectivity index (χ0) is 22.7. The largest absolute Gasteiger partial charge is 0.465 e. The Morgan fingerprint density at radius 3 is 2.71 bits per heavy atom. The van der Waals surface area contributed by atoms with Gasteiger partial charge in [0, 0.05) is 22.7 Å². The summed E-state index contributed by atoms with van der Waals surface area (Å²) in [5, 5.41) is 3.05. The molecule has 0 fully saturated rings. The molecule has 0 saturated heterocycles. The van der Waals surface area contributed by atoms with Crippen molar-refractivity contribution in [1.82, 2.24) is 14.5 Å². The Labute approximate surface area is 182 Å². The van der Waals surface area contributed by atoms with E-state index in [-0.39, 0.29) is 30.8 Å². The first-order valence-electron chi connectivity index (χ1n) is 9.73. The average molecular weight is 449 g/mol. The maximum atomic E-state index is 12.6. The Balaban J connectivity index is 1.85. The van der Waals surface area contributed by atoms with Gasteiger partial charge in [0.1, 0.15) is 11.5 Å². The topological polar surface area (TPSA) is 120 Å². The van der Waals surface area contributed by atoms with Gasteiger partial charge in [0.15, 0.2) is 0 Å². The van der Waals surface area contributed by atoms with Crippen LogP contribution in [-0.4, -0.2) is 52.7 Å². The molecule has 0 spiro atoms. The first-order valence-corrected chi connectivity index (χ1v) is 10.6. The number of esters is 1. The highest BCUT2D eigenvalue weighted by Crippen LogP contribution is 2.37. The number of hydrogen-bond donors (Lipinski definition) is 1. The van der Waals surface area contributed by atoms with Crippen LogP contribution in [0.4, 0.5) is 9.80 Å². The number of carbonyl (C=O) groups is 3. The number of hydrogen-bond acceptors (Lipinski definition) is 8. The van der Waals surface area contributed by atoms with Crippen LogP contribution in [0.25, 0.3) is 0 Å². The molecule has 0 radical (unpaired) electrons. The summed E-state index contributed by atoms with van der Waals surface area (Å²) in [5.74, 6) is -1.04. The van der Waals surface area contributed by atoms with Crippen LogP contribution in [0.3, 0.4) is 0 Å². The second-order valence-electron chi connectivity index (χ2n) is 7.01. The summed E-state index contributed by atoms with van der Waals surface area (Å²) >= 11 is 1.21. The van der Waals surface area contributed by atoms with Crippen LogP contribution >= 0.6 is 11.3 Å². The van der Waals surface area contributed by atoms with E-state index in [0.29, 0.717) is 29.2 Å². The fourth-order valence-electron chi connectivity index (χ4n) is 3.29. The van der Waals surface area contributed by atoms with E-state index in [4.69, 9.17) is 9.47 Å². The summed E-state index contributed by atoms with van der Waals surface area (Å²) in [6, 6.07) is 0. The molecule has 0 bridgehead atoms. The van der Waals surface area contributed by atoms with E-state index in [1.54, 1.807) is 25.7 Å². The van der Waals surface area contributed by atoms with Crippen LogP contribution in [-0.2, 0) is 33.8 Å². The molecular formula is C20H24N4O6S. The zero-order valence-electron chi connectivity index (χ0n) is 17.8. The standard InChI is InChI=1S/C20H24N4O6S/c1-5-30-20(28)23-7-6-13-14(8-23)31-17(16(13)19(27)29-4)22-15(25)9-24-10-21-12(3)11(2)18(24)26/h10H,5-9H2,1-4H3,(H,22,25). The monoisotopic (exact) mass is 448 g/mol. The molecule has 0 atom stereocenters. The lowest BCUT2D eigenvalue weighted by Gasteiger charge is -2.26. The van der Waals surface area contributed by atoms with Crippen molar-refractivity contribution in [3.63, 3.8) is 0 Å². The molecule has 2 amide bonds. The number of anilines is 1. The quantitative estimate of drug-likeness (QED) is 0.693. The Hall–Kier alpha value is -3.21. The predicted molar refractivity (Wildman–Crippen MR) is 113 cm³/mol. The third-order valence-electron chi connectivity index (χ3n) is 5.05. The van der Waals surface area contributed by atoms with E-state index in [0.717, 1.165) is 10.4 Å². The van der Waals surface area contributed by atoms with Gasteiger partial charge in [-0.2, -0.15) is 0 Å². The van der Waals surface area contributed by atoms with Crippen molar-refractivity contribution in [2.75, 3.05) is 25.6 Å². The van der Waals surface area contributed by atoms with Crippen LogP contribution < -0.4 is 10.9 Å². The number of aromatic nitrogens is 2. The van der Waals surface area contributed by atoms with Crippen molar-refractivity contribution < 1.29 is 23.9 Å². The summed E-state index contributed by atoms with van der Waals surface area (Å²) in [7, 11) is 1.27. The van der Waals surface area contributed by atoms with Gasteiger partial charge < -0.3 is 19.7 Å². The lowest BCUT2D eigenvalue weighted by molar-refractivity contribution is -0.116. The van der Waals surface area contributed by atoms with Gasteiger partial charge in [-0.3, -0.25) is 14.2 Å². The second kappa shape index (κ2) is 9.29. The number of methoxy groups -OCH3 is 1. The van der Waals surface area contributed by atoms with E-state index >= 15 is 0 Å².